The Bertz CT molecular complexity index is 744. The van der Waals surface area contributed by atoms with Crippen LogP contribution in [0.5, 0.6) is 0 Å². The van der Waals surface area contributed by atoms with Gasteiger partial charge in [-0.3, -0.25) is 0 Å². The second kappa shape index (κ2) is 4.44. The molecule has 2 rings (SSSR count). The maximum Gasteiger partial charge on any atom is 0.280 e. The second-order valence-corrected chi connectivity index (χ2v) is 6.09. The summed E-state index contributed by atoms with van der Waals surface area (Å²) in [6.07, 6.45) is 1.18. The monoisotopic (exact) mass is 281 g/mol. The summed E-state index contributed by atoms with van der Waals surface area (Å²) in [7, 11) is 1.30. The van der Waals surface area contributed by atoms with E-state index < -0.39 is 9.05 Å². The zero-order valence-corrected chi connectivity index (χ0v) is 10.9. The lowest BCUT2D eigenvalue weighted by molar-refractivity contribution is 0.599. The Hall–Kier alpha value is -1.84. The van der Waals surface area contributed by atoms with E-state index in [-0.39, 0.29) is 10.6 Å². The summed E-state index contributed by atoms with van der Waals surface area (Å²) in [6.45, 7) is 1.81. The van der Waals surface area contributed by atoms with Crippen molar-refractivity contribution in [1.29, 1.82) is 5.26 Å². The van der Waals surface area contributed by atoms with Gasteiger partial charge in [-0.2, -0.15) is 10.4 Å². The summed E-state index contributed by atoms with van der Waals surface area (Å²) in [5.74, 6) is 0. The Labute approximate surface area is 109 Å². The van der Waals surface area contributed by atoms with Crippen molar-refractivity contribution >= 4 is 19.7 Å². The van der Waals surface area contributed by atoms with Gasteiger partial charge in [-0.15, -0.1) is 0 Å². The molecule has 0 radical (unpaired) electrons. The van der Waals surface area contributed by atoms with Crippen molar-refractivity contribution < 1.29 is 8.42 Å². The molecule has 92 valence electrons. The smallest absolute Gasteiger partial charge is 0.219 e. The van der Waals surface area contributed by atoms with Crippen LogP contribution in [0.2, 0.25) is 0 Å². The Morgan fingerprint density at radius 1 is 1.39 bits per heavy atom. The number of halogens is 1. The highest BCUT2D eigenvalue weighted by atomic mass is 35.7. The second-order valence-electron chi connectivity index (χ2n) is 3.61. The van der Waals surface area contributed by atoms with Gasteiger partial charge in [-0.1, -0.05) is 18.2 Å². The maximum absolute atomic E-state index is 11.5. The average molecular weight is 282 g/mol. The van der Waals surface area contributed by atoms with Crippen molar-refractivity contribution in [3.05, 3.63) is 41.6 Å². The lowest BCUT2D eigenvalue weighted by Gasteiger charge is -2.07. The van der Waals surface area contributed by atoms with Crippen molar-refractivity contribution in [1.82, 2.24) is 9.78 Å². The molecular weight excluding hydrogens is 274 g/mol. The molecule has 1 aromatic heterocycles. The number of para-hydroxylation sites is 1. The molecule has 0 fully saturated rings. The molecule has 2 aromatic rings. The van der Waals surface area contributed by atoms with Crippen LogP contribution >= 0.6 is 10.7 Å². The molecule has 0 bridgehead atoms. The van der Waals surface area contributed by atoms with E-state index in [1.165, 1.54) is 6.20 Å². The molecule has 5 nitrogen and oxygen atoms in total. The van der Waals surface area contributed by atoms with Gasteiger partial charge in [0.1, 0.15) is 11.6 Å². The lowest BCUT2D eigenvalue weighted by atomic mass is 10.2. The number of aryl methyl sites for hydroxylation is 1. The molecule has 0 saturated carbocycles. The number of hydrogen-bond acceptors (Lipinski definition) is 4. The van der Waals surface area contributed by atoms with Gasteiger partial charge in [0.2, 0.25) is 0 Å². The van der Waals surface area contributed by atoms with Crippen molar-refractivity contribution in [2.75, 3.05) is 0 Å². The van der Waals surface area contributed by atoms with E-state index in [1.54, 1.807) is 18.2 Å². The van der Waals surface area contributed by atoms with Crippen LogP contribution in [0.1, 0.15) is 11.1 Å². The van der Waals surface area contributed by atoms with Gasteiger partial charge >= 0.3 is 0 Å². The van der Waals surface area contributed by atoms with E-state index in [1.807, 2.05) is 19.1 Å². The van der Waals surface area contributed by atoms with E-state index in [9.17, 15) is 8.42 Å². The van der Waals surface area contributed by atoms with Crippen LogP contribution < -0.4 is 0 Å². The fraction of sp³-hybridized carbons (Fsp3) is 0.0909. The zero-order chi connectivity index (χ0) is 13.3. The molecular formula is C11H8ClN3O2S. The standard InChI is InChI=1S/C11H8ClN3O2S/c1-8-4-2-3-5-10(8)15-11(18(12,16)17)9(6-13)7-14-15/h2-5,7H,1H3. The molecule has 1 aromatic carbocycles. The molecule has 0 N–H and O–H groups in total. The minimum absolute atomic E-state index is 0.0757. The topological polar surface area (TPSA) is 75.8 Å². The third kappa shape index (κ3) is 2.10. The van der Waals surface area contributed by atoms with E-state index in [0.29, 0.717) is 5.69 Å². The molecule has 0 spiro atoms. The Balaban J connectivity index is 2.80. The van der Waals surface area contributed by atoms with Crippen molar-refractivity contribution in [2.24, 2.45) is 0 Å². The maximum atomic E-state index is 11.5. The number of nitrogens with zero attached hydrogens (tertiary/aromatic N) is 3. The first-order valence-electron chi connectivity index (χ1n) is 4.94. The molecule has 0 unspecified atom stereocenters. The minimum atomic E-state index is -4.05. The van der Waals surface area contributed by atoms with E-state index >= 15 is 0 Å². The summed E-state index contributed by atoms with van der Waals surface area (Å²) in [5, 5.41) is 12.5. The Kier molecular flexibility index (Phi) is 3.11. The van der Waals surface area contributed by atoms with Crippen LogP contribution in [-0.4, -0.2) is 18.2 Å². The summed E-state index contributed by atoms with van der Waals surface area (Å²) in [4.78, 5) is 0. The van der Waals surface area contributed by atoms with E-state index in [2.05, 4.69) is 5.10 Å². The fourth-order valence-electron chi connectivity index (χ4n) is 1.62. The number of benzene rings is 1. The summed E-state index contributed by atoms with van der Waals surface area (Å²) < 4.78 is 24.2. The van der Waals surface area contributed by atoms with Crippen LogP contribution in [0.15, 0.2) is 35.5 Å². The summed E-state index contributed by atoms with van der Waals surface area (Å²) >= 11 is 0. The Morgan fingerprint density at radius 2 is 2.06 bits per heavy atom. The number of hydrogen-bond donors (Lipinski definition) is 0. The fourth-order valence-corrected chi connectivity index (χ4v) is 2.78. The van der Waals surface area contributed by atoms with E-state index in [0.717, 1.165) is 10.2 Å². The highest BCUT2D eigenvalue weighted by Crippen LogP contribution is 2.24. The number of nitriles is 1. The average Bonchev–Trinajstić information content (AvgIpc) is 2.73. The molecule has 0 saturated heterocycles. The molecule has 7 heteroatoms. The highest BCUT2D eigenvalue weighted by molar-refractivity contribution is 8.13. The van der Waals surface area contributed by atoms with Gasteiger partial charge in [-0.25, -0.2) is 13.1 Å². The third-order valence-corrected chi connectivity index (χ3v) is 3.71. The third-order valence-electron chi connectivity index (χ3n) is 2.42. The van der Waals surface area contributed by atoms with Crippen LogP contribution in [0.25, 0.3) is 5.69 Å². The largest absolute Gasteiger partial charge is 0.280 e. The molecule has 18 heavy (non-hydrogen) atoms. The molecule has 0 aliphatic heterocycles. The normalized spacial score (nSPS) is 11.2. The number of aromatic nitrogens is 2. The van der Waals surface area contributed by atoms with Gasteiger partial charge in [0.05, 0.1) is 11.9 Å². The molecule has 0 aliphatic carbocycles. The summed E-state index contributed by atoms with van der Waals surface area (Å²) in [6, 6.07) is 8.85. The first-order chi connectivity index (χ1) is 8.45. The molecule has 0 amide bonds. The molecule has 1 heterocycles. The predicted octanol–water partition coefficient (Wildman–Crippen LogP) is 1.98. The van der Waals surface area contributed by atoms with Crippen molar-refractivity contribution in [3.63, 3.8) is 0 Å². The summed E-state index contributed by atoms with van der Waals surface area (Å²) in [5.41, 5.74) is 1.32. The van der Waals surface area contributed by atoms with Gasteiger partial charge in [-0.05, 0) is 18.6 Å². The minimum Gasteiger partial charge on any atom is -0.219 e. The SMILES string of the molecule is Cc1ccccc1-n1ncc(C#N)c1S(=O)(=O)Cl. The zero-order valence-electron chi connectivity index (χ0n) is 9.33. The van der Waals surface area contributed by atoms with Crippen LogP contribution in [0, 0.1) is 18.3 Å². The van der Waals surface area contributed by atoms with Gasteiger partial charge < -0.3 is 0 Å². The van der Waals surface area contributed by atoms with Gasteiger partial charge in [0, 0.05) is 10.7 Å². The van der Waals surface area contributed by atoms with Crippen molar-refractivity contribution in [2.45, 2.75) is 11.9 Å². The molecule has 0 atom stereocenters. The van der Waals surface area contributed by atoms with Crippen LogP contribution in [-0.2, 0) is 9.05 Å². The quantitative estimate of drug-likeness (QED) is 0.789. The first kappa shape index (κ1) is 12.6. The first-order valence-corrected chi connectivity index (χ1v) is 7.25. The lowest BCUT2D eigenvalue weighted by Crippen LogP contribution is -2.07. The van der Waals surface area contributed by atoms with E-state index in [4.69, 9.17) is 15.9 Å². The van der Waals surface area contributed by atoms with Crippen LogP contribution in [0.3, 0.4) is 0 Å². The van der Waals surface area contributed by atoms with Crippen molar-refractivity contribution in [3.8, 4) is 11.8 Å². The predicted molar refractivity (Wildman–Crippen MR) is 66.1 cm³/mol. The van der Waals surface area contributed by atoms with Gasteiger partial charge in [0.25, 0.3) is 9.05 Å². The Morgan fingerprint density at radius 3 is 2.61 bits per heavy atom. The van der Waals surface area contributed by atoms with Gasteiger partial charge in [0.15, 0.2) is 5.03 Å². The van der Waals surface area contributed by atoms with Crippen LogP contribution in [0.4, 0.5) is 0 Å². The number of rotatable bonds is 2. The highest BCUT2D eigenvalue weighted by Gasteiger charge is 2.24. The molecule has 0 aliphatic rings.